The third kappa shape index (κ3) is 4.17. The van der Waals surface area contributed by atoms with Gasteiger partial charge in [-0.2, -0.15) is 0 Å². The van der Waals surface area contributed by atoms with Crippen LogP contribution in [0.2, 0.25) is 0 Å². The molecule has 3 aliphatic rings. The second kappa shape index (κ2) is 9.02. The lowest BCUT2D eigenvalue weighted by Crippen LogP contribution is -2.57. The molecular formula is C28H32N2O5. The van der Waals surface area contributed by atoms with Crippen LogP contribution in [-0.4, -0.2) is 54.2 Å². The highest BCUT2D eigenvalue weighted by atomic mass is 16.5. The summed E-state index contributed by atoms with van der Waals surface area (Å²) in [5.41, 5.74) is 3.07. The summed E-state index contributed by atoms with van der Waals surface area (Å²) >= 11 is 0. The van der Waals surface area contributed by atoms with E-state index in [0.717, 1.165) is 17.5 Å². The summed E-state index contributed by atoms with van der Waals surface area (Å²) in [6, 6.07) is 16.4. The number of amides is 2. The zero-order valence-electron chi connectivity index (χ0n) is 20.1. The largest absolute Gasteiger partial charge is 0.481 e. The lowest BCUT2D eigenvalue weighted by Gasteiger charge is -2.46. The highest BCUT2D eigenvalue weighted by molar-refractivity contribution is 5.86. The molecule has 1 saturated carbocycles. The predicted octanol–water partition coefficient (Wildman–Crippen LogP) is 4.41. The van der Waals surface area contributed by atoms with Gasteiger partial charge in [0.2, 0.25) is 5.91 Å². The number of carboxylic acids is 1. The van der Waals surface area contributed by atoms with Crippen molar-refractivity contribution in [3.05, 3.63) is 59.7 Å². The Morgan fingerprint density at radius 1 is 1.00 bits per heavy atom. The van der Waals surface area contributed by atoms with Gasteiger partial charge < -0.3 is 20.1 Å². The maximum absolute atomic E-state index is 13.4. The Bertz CT molecular complexity index is 1110. The number of benzene rings is 2. The second-order valence-electron chi connectivity index (χ2n) is 10.5. The molecule has 7 nitrogen and oxygen atoms in total. The van der Waals surface area contributed by atoms with Crippen LogP contribution < -0.4 is 5.32 Å². The third-order valence-corrected chi connectivity index (χ3v) is 8.18. The highest BCUT2D eigenvalue weighted by Crippen LogP contribution is 2.45. The summed E-state index contributed by atoms with van der Waals surface area (Å²) < 4.78 is 5.64. The van der Waals surface area contributed by atoms with Crippen LogP contribution in [-0.2, 0) is 14.3 Å². The average Bonchev–Trinajstić information content (AvgIpc) is 3.15. The Balaban J connectivity index is 1.20. The molecule has 2 amide bonds. The summed E-state index contributed by atoms with van der Waals surface area (Å²) in [5.74, 6) is -0.932. The van der Waals surface area contributed by atoms with Crippen LogP contribution in [0.3, 0.4) is 0 Å². The Kier molecular flexibility index (Phi) is 6.03. The van der Waals surface area contributed by atoms with Gasteiger partial charge in [0.05, 0.1) is 10.8 Å². The first kappa shape index (κ1) is 23.4. The molecule has 0 radical (unpaired) electrons. The van der Waals surface area contributed by atoms with Crippen molar-refractivity contribution >= 4 is 18.0 Å². The number of fused-ring (bicyclic) bond motifs is 3. The van der Waals surface area contributed by atoms with Gasteiger partial charge in [-0.1, -0.05) is 55.0 Å². The molecule has 5 rings (SSSR count). The topological polar surface area (TPSA) is 95.9 Å². The SMILES string of the molecule is CC1(C(=O)O)CCCN(C(=O)C2(CNC(=O)OCC3c4ccccc4-c4ccccc43)CCC2)C1. The molecule has 7 heteroatoms. The summed E-state index contributed by atoms with van der Waals surface area (Å²) in [6.07, 6.45) is 3.01. The molecule has 1 unspecified atom stereocenters. The predicted molar refractivity (Wildman–Crippen MR) is 131 cm³/mol. The van der Waals surface area contributed by atoms with Crippen LogP contribution in [0, 0.1) is 10.8 Å². The van der Waals surface area contributed by atoms with Crippen LogP contribution in [0.1, 0.15) is 56.1 Å². The number of ether oxygens (including phenoxy) is 1. The first-order valence-electron chi connectivity index (χ1n) is 12.4. The highest BCUT2D eigenvalue weighted by Gasteiger charge is 2.49. The van der Waals surface area contributed by atoms with Gasteiger partial charge in [-0.25, -0.2) is 4.79 Å². The molecule has 35 heavy (non-hydrogen) atoms. The quantitative estimate of drug-likeness (QED) is 0.644. The molecule has 2 fully saturated rings. The lowest BCUT2D eigenvalue weighted by atomic mass is 9.67. The molecular weight excluding hydrogens is 444 g/mol. The van der Waals surface area contributed by atoms with Gasteiger partial charge in [-0.05, 0) is 54.9 Å². The fourth-order valence-corrected chi connectivity index (χ4v) is 5.88. The summed E-state index contributed by atoms with van der Waals surface area (Å²) in [4.78, 5) is 39.5. The molecule has 1 aliphatic heterocycles. The van der Waals surface area contributed by atoms with Crippen molar-refractivity contribution in [2.24, 2.45) is 10.8 Å². The number of carboxylic acid groups (broad SMARTS) is 1. The Morgan fingerprint density at radius 2 is 1.63 bits per heavy atom. The molecule has 0 aromatic heterocycles. The molecule has 0 spiro atoms. The van der Waals surface area contributed by atoms with E-state index in [-0.39, 0.29) is 31.5 Å². The van der Waals surface area contributed by atoms with Crippen molar-refractivity contribution in [2.75, 3.05) is 26.2 Å². The maximum atomic E-state index is 13.4. The van der Waals surface area contributed by atoms with E-state index in [4.69, 9.17) is 4.74 Å². The van der Waals surface area contributed by atoms with E-state index in [9.17, 15) is 19.5 Å². The van der Waals surface area contributed by atoms with E-state index in [1.54, 1.807) is 11.8 Å². The third-order valence-electron chi connectivity index (χ3n) is 8.18. The molecule has 2 aromatic carbocycles. The zero-order chi connectivity index (χ0) is 24.6. The van der Waals surface area contributed by atoms with Gasteiger partial charge in [-0.15, -0.1) is 0 Å². The van der Waals surface area contributed by atoms with E-state index in [2.05, 4.69) is 29.6 Å². The Labute approximate surface area is 205 Å². The Hall–Kier alpha value is -3.35. The summed E-state index contributed by atoms with van der Waals surface area (Å²) in [6.45, 7) is 2.92. The fourth-order valence-electron chi connectivity index (χ4n) is 5.88. The van der Waals surface area contributed by atoms with E-state index in [1.165, 1.54) is 11.1 Å². The van der Waals surface area contributed by atoms with Crippen LogP contribution in [0.4, 0.5) is 4.79 Å². The smallest absolute Gasteiger partial charge is 0.407 e. The molecule has 2 N–H and O–H groups in total. The number of aliphatic carboxylic acids is 1. The van der Waals surface area contributed by atoms with Crippen LogP contribution in [0.15, 0.2) is 48.5 Å². The fraction of sp³-hybridized carbons (Fsp3) is 0.464. The van der Waals surface area contributed by atoms with Gasteiger partial charge in [0.15, 0.2) is 0 Å². The molecule has 1 heterocycles. The van der Waals surface area contributed by atoms with Crippen molar-refractivity contribution in [3.8, 4) is 11.1 Å². The summed E-state index contributed by atoms with van der Waals surface area (Å²) in [5, 5.41) is 12.4. The number of piperidine rings is 1. The monoisotopic (exact) mass is 476 g/mol. The number of nitrogens with zero attached hydrogens (tertiary/aromatic N) is 1. The van der Waals surface area contributed by atoms with Gasteiger partial charge in [0, 0.05) is 25.6 Å². The number of rotatable bonds is 6. The normalized spacial score (nSPS) is 22.5. The van der Waals surface area contributed by atoms with Crippen molar-refractivity contribution in [1.29, 1.82) is 0 Å². The molecule has 2 aliphatic carbocycles. The minimum absolute atomic E-state index is 0.0190. The number of nitrogens with one attached hydrogen (secondary N) is 1. The number of likely N-dealkylation sites (tertiary alicyclic amines) is 1. The van der Waals surface area contributed by atoms with Crippen LogP contribution in [0.25, 0.3) is 11.1 Å². The first-order chi connectivity index (χ1) is 16.8. The number of hydrogen-bond donors (Lipinski definition) is 2. The van der Waals surface area contributed by atoms with Crippen molar-refractivity contribution in [2.45, 2.75) is 44.9 Å². The number of carbonyl (C=O) groups is 3. The average molecular weight is 477 g/mol. The minimum atomic E-state index is -0.918. The molecule has 1 saturated heterocycles. The van der Waals surface area contributed by atoms with E-state index >= 15 is 0 Å². The number of carbonyl (C=O) groups excluding carboxylic acids is 2. The number of hydrogen-bond acceptors (Lipinski definition) is 4. The van der Waals surface area contributed by atoms with Gasteiger partial charge >= 0.3 is 12.1 Å². The standard InChI is InChI=1S/C28H32N2O5/c1-27(25(32)33)12-7-15-30(18-27)24(31)28(13-6-14-28)17-29-26(34)35-16-23-21-10-4-2-8-19(21)20-9-3-5-11-22(20)23/h2-5,8-11,23H,6-7,12-18H2,1H3,(H,29,34)(H,32,33). The first-order valence-corrected chi connectivity index (χ1v) is 12.4. The van der Waals surface area contributed by atoms with Gasteiger partial charge in [-0.3, -0.25) is 9.59 Å². The zero-order valence-corrected chi connectivity index (χ0v) is 20.1. The molecule has 184 valence electrons. The van der Waals surface area contributed by atoms with Gasteiger partial charge in [0.1, 0.15) is 6.61 Å². The molecule has 2 aromatic rings. The van der Waals surface area contributed by atoms with Gasteiger partial charge in [0.25, 0.3) is 0 Å². The lowest BCUT2D eigenvalue weighted by molar-refractivity contribution is -0.158. The van der Waals surface area contributed by atoms with E-state index in [1.807, 2.05) is 24.3 Å². The molecule has 1 atom stereocenters. The van der Waals surface area contributed by atoms with E-state index < -0.39 is 22.9 Å². The van der Waals surface area contributed by atoms with Crippen molar-refractivity contribution < 1.29 is 24.2 Å². The van der Waals surface area contributed by atoms with Crippen molar-refractivity contribution in [3.63, 3.8) is 0 Å². The minimum Gasteiger partial charge on any atom is -0.481 e. The molecule has 0 bridgehead atoms. The number of alkyl carbamates (subject to hydrolysis) is 1. The maximum Gasteiger partial charge on any atom is 0.407 e. The summed E-state index contributed by atoms with van der Waals surface area (Å²) in [7, 11) is 0. The Morgan fingerprint density at radius 3 is 2.20 bits per heavy atom. The second-order valence-corrected chi connectivity index (χ2v) is 10.5. The van der Waals surface area contributed by atoms with Crippen LogP contribution >= 0.6 is 0 Å². The van der Waals surface area contributed by atoms with E-state index in [0.29, 0.717) is 32.2 Å². The van der Waals surface area contributed by atoms with Crippen molar-refractivity contribution in [1.82, 2.24) is 10.2 Å². The van der Waals surface area contributed by atoms with Crippen LogP contribution in [0.5, 0.6) is 0 Å².